The molecule has 1 aromatic carbocycles. The number of anilines is 1. The molecule has 2 N–H and O–H groups in total. The lowest BCUT2D eigenvalue weighted by atomic mass is 10.0. The van der Waals surface area contributed by atoms with Crippen LogP contribution in [0.25, 0.3) is 11.4 Å². The van der Waals surface area contributed by atoms with Crippen molar-refractivity contribution in [2.45, 2.75) is 12.7 Å². The van der Waals surface area contributed by atoms with Gasteiger partial charge in [-0.3, -0.25) is 9.62 Å². The van der Waals surface area contributed by atoms with E-state index in [9.17, 15) is 26.4 Å². The minimum absolute atomic E-state index is 0.0335. The van der Waals surface area contributed by atoms with Crippen LogP contribution >= 0.6 is 0 Å². The lowest BCUT2D eigenvalue weighted by Crippen LogP contribution is -2.49. The minimum atomic E-state index is -4.50. The molecule has 34 heavy (non-hydrogen) atoms. The molecule has 1 amide bonds. The number of aromatic nitrogens is 6. The molecule has 4 rings (SSSR count). The van der Waals surface area contributed by atoms with E-state index in [0.717, 1.165) is 23.1 Å². The number of sulfonamides is 1. The molecule has 182 valence electrons. The molecule has 0 saturated carbocycles. The van der Waals surface area contributed by atoms with Gasteiger partial charge in [0.25, 0.3) is 0 Å². The molecule has 0 radical (unpaired) electrons. The lowest BCUT2D eigenvalue weighted by molar-refractivity contribution is -0.137. The van der Waals surface area contributed by atoms with Crippen LogP contribution in [0, 0.1) is 0 Å². The molecule has 0 spiro atoms. The van der Waals surface area contributed by atoms with Crippen LogP contribution in [0.2, 0.25) is 0 Å². The summed E-state index contributed by atoms with van der Waals surface area (Å²) in [6.07, 6.45) is -2.16. The Morgan fingerprint density at radius 2 is 1.91 bits per heavy atom. The van der Waals surface area contributed by atoms with Crippen molar-refractivity contribution < 1.29 is 26.4 Å². The summed E-state index contributed by atoms with van der Waals surface area (Å²) < 4.78 is 65.4. The number of rotatable bonds is 5. The number of amides is 1. The van der Waals surface area contributed by atoms with Crippen molar-refractivity contribution in [2.24, 2.45) is 0 Å². The molecular formula is C18H20F3N9O3S. The Bertz CT molecular complexity index is 1270. The zero-order valence-electron chi connectivity index (χ0n) is 17.8. The third kappa shape index (κ3) is 5.51. The van der Waals surface area contributed by atoms with Crippen molar-refractivity contribution in [2.75, 3.05) is 37.2 Å². The Morgan fingerprint density at radius 1 is 1.18 bits per heavy atom. The Labute approximate surface area is 191 Å². The molecule has 0 bridgehead atoms. The van der Waals surface area contributed by atoms with Gasteiger partial charge in [-0.25, -0.2) is 18.3 Å². The van der Waals surface area contributed by atoms with Gasteiger partial charge in [0, 0.05) is 50.6 Å². The zero-order chi connectivity index (χ0) is 24.5. The van der Waals surface area contributed by atoms with Crippen LogP contribution in [0.1, 0.15) is 11.1 Å². The number of piperazine rings is 1. The minimum Gasteiger partial charge on any atom is -0.320 e. The van der Waals surface area contributed by atoms with E-state index < -0.39 is 27.8 Å². The predicted molar refractivity (Wildman–Crippen MR) is 113 cm³/mol. The number of carbonyl (C=O) groups excluding carboxylic acids is 1. The summed E-state index contributed by atoms with van der Waals surface area (Å²) in [5.41, 5.74) is 0.0534. The highest BCUT2D eigenvalue weighted by Gasteiger charge is 2.32. The van der Waals surface area contributed by atoms with E-state index in [1.165, 1.54) is 18.3 Å². The summed E-state index contributed by atoms with van der Waals surface area (Å²) in [5, 5.41) is 17.1. The van der Waals surface area contributed by atoms with Crippen molar-refractivity contribution in [1.82, 2.24) is 40.2 Å². The highest BCUT2D eigenvalue weighted by molar-refractivity contribution is 7.92. The number of H-pyrrole nitrogens is 1. The largest absolute Gasteiger partial charge is 0.416 e. The standard InChI is InChI=1S/C18H20F3N9O3S/c1-34(32,33)25-15-4-5-30(24-15)17(31)29-8-6-28(7-9-29)11-12-2-3-13(18(19,20)21)10-14(12)16-22-26-27-23-16/h2-5,10H,6-9,11H2,1H3,(H,24,25)(H,22,23,26,27). The van der Waals surface area contributed by atoms with Crippen molar-refractivity contribution in [3.63, 3.8) is 0 Å². The molecule has 1 aliphatic rings. The van der Waals surface area contributed by atoms with Gasteiger partial charge >= 0.3 is 12.2 Å². The Hall–Kier alpha value is -3.53. The second-order valence-electron chi connectivity index (χ2n) is 7.69. The van der Waals surface area contributed by atoms with E-state index in [-0.39, 0.29) is 17.2 Å². The van der Waals surface area contributed by atoms with Gasteiger partial charge in [-0.15, -0.1) is 10.2 Å². The fourth-order valence-electron chi connectivity index (χ4n) is 3.54. The number of aromatic amines is 1. The number of hydrogen-bond acceptors (Lipinski definition) is 8. The van der Waals surface area contributed by atoms with Crippen LogP contribution in [-0.4, -0.2) is 87.1 Å². The van der Waals surface area contributed by atoms with Gasteiger partial charge in [0.2, 0.25) is 10.0 Å². The van der Waals surface area contributed by atoms with Crippen LogP contribution in [0.5, 0.6) is 0 Å². The van der Waals surface area contributed by atoms with Crippen molar-refractivity contribution in [3.8, 4) is 11.4 Å². The molecule has 0 unspecified atom stereocenters. The monoisotopic (exact) mass is 499 g/mol. The molecule has 1 fully saturated rings. The molecule has 16 heteroatoms. The van der Waals surface area contributed by atoms with Gasteiger partial charge in [-0.1, -0.05) is 6.07 Å². The van der Waals surface area contributed by atoms with E-state index in [2.05, 4.69) is 30.4 Å². The number of hydrogen-bond donors (Lipinski definition) is 2. The average Bonchev–Trinajstić information content (AvgIpc) is 3.44. The Morgan fingerprint density at radius 3 is 2.53 bits per heavy atom. The molecule has 1 aliphatic heterocycles. The number of benzene rings is 1. The number of alkyl halides is 3. The van der Waals surface area contributed by atoms with Gasteiger partial charge in [0.15, 0.2) is 11.6 Å². The smallest absolute Gasteiger partial charge is 0.320 e. The molecule has 3 heterocycles. The third-order valence-electron chi connectivity index (χ3n) is 5.15. The maximum Gasteiger partial charge on any atom is 0.416 e. The number of carbonyl (C=O) groups is 1. The fourth-order valence-corrected chi connectivity index (χ4v) is 4.03. The average molecular weight is 499 g/mol. The number of halogens is 3. The highest BCUT2D eigenvalue weighted by Crippen LogP contribution is 2.33. The van der Waals surface area contributed by atoms with Crippen LogP contribution in [0.3, 0.4) is 0 Å². The number of nitrogens with zero attached hydrogens (tertiary/aromatic N) is 7. The highest BCUT2D eigenvalue weighted by atomic mass is 32.2. The molecule has 2 aromatic heterocycles. The third-order valence-corrected chi connectivity index (χ3v) is 5.73. The summed E-state index contributed by atoms with van der Waals surface area (Å²) in [7, 11) is -3.52. The van der Waals surface area contributed by atoms with Gasteiger partial charge in [0.1, 0.15) is 0 Å². The van der Waals surface area contributed by atoms with Crippen LogP contribution in [0.4, 0.5) is 23.8 Å². The van der Waals surface area contributed by atoms with Gasteiger partial charge in [-0.2, -0.15) is 17.9 Å². The van der Waals surface area contributed by atoms with Crippen molar-refractivity contribution >= 4 is 21.9 Å². The van der Waals surface area contributed by atoms with Crippen LogP contribution in [-0.2, 0) is 22.7 Å². The van der Waals surface area contributed by atoms with Gasteiger partial charge in [-0.05, 0) is 28.1 Å². The van der Waals surface area contributed by atoms with E-state index in [4.69, 9.17) is 0 Å². The van der Waals surface area contributed by atoms with E-state index >= 15 is 0 Å². The number of tetrazole rings is 1. The first-order chi connectivity index (χ1) is 16.0. The maximum absolute atomic E-state index is 13.2. The Kier molecular flexibility index (Phi) is 6.26. The first kappa shape index (κ1) is 23.6. The number of nitrogens with one attached hydrogen (secondary N) is 2. The molecule has 1 saturated heterocycles. The predicted octanol–water partition coefficient (Wildman–Crippen LogP) is 1.24. The first-order valence-electron chi connectivity index (χ1n) is 9.99. The summed E-state index contributed by atoms with van der Waals surface area (Å²) in [6.45, 7) is 1.98. The first-order valence-corrected chi connectivity index (χ1v) is 11.9. The molecule has 0 aliphatic carbocycles. The fraction of sp³-hybridized carbons (Fsp3) is 0.389. The quantitative estimate of drug-likeness (QED) is 0.534. The van der Waals surface area contributed by atoms with Crippen molar-refractivity contribution in [1.29, 1.82) is 0 Å². The summed E-state index contributed by atoms with van der Waals surface area (Å²) >= 11 is 0. The zero-order valence-corrected chi connectivity index (χ0v) is 18.6. The van der Waals surface area contributed by atoms with Crippen LogP contribution in [0.15, 0.2) is 30.5 Å². The normalized spacial score (nSPS) is 15.5. The molecule has 0 atom stereocenters. The molecule has 3 aromatic rings. The molecular weight excluding hydrogens is 479 g/mol. The maximum atomic E-state index is 13.2. The summed E-state index contributed by atoms with van der Waals surface area (Å²) in [4.78, 5) is 16.2. The van der Waals surface area contributed by atoms with E-state index in [1.54, 1.807) is 4.90 Å². The SMILES string of the molecule is CS(=O)(=O)Nc1ccn(C(=O)N2CCN(Cc3ccc(C(F)(F)F)cc3-c3nnn[nH]3)CC2)n1. The topological polar surface area (TPSA) is 142 Å². The summed E-state index contributed by atoms with van der Waals surface area (Å²) in [6, 6.07) is 4.39. The second kappa shape index (κ2) is 9.02. The van der Waals surface area contributed by atoms with E-state index in [1.807, 2.05) is 4.90 Å². The van der Waals surface area contributed by atoms with Gasteiger partial charge < -0.3 is 4.90 Å². The summed E-state index contributed by atoms with van der Waals surface area (Å²) in [5.74, 6) is 0.165. The van der Waals surface area contributed by atoms with E-state index in [0.29, 0.717) is 38.3 Å². The lowest BCUT2D eigenvalue weighted by Gasteiger charge is -2.34. The Balaban J connectivity index is 1.42. The second-order valence-corrected chi connectivity index (χ2v) is 9.43. The van der Waals surface area contributed by atoms with Crippen LogP contribution < -0.4 is 4.72 Å². The van der Waals surface area contributed by atoms with Crippen molar-refractivity contribution in [3.05, 3.63) is 41.6 Å². The molecule has 12 nitrogen and oxygen atoms in total. The van der Waals surface area contributed by atoms with Gasteiger partial charge in [0.05, 0.1) is 11.8 Å².